The van der Waals surface area contributed by atoms with E-state index in [1.54, 1.807) is 0 Å². The van der Waals surface area contributed by atoms with Crippen LogP contribution in [0.1, 0.15) is 35.1 Å². The number of hydrogen-bond acceptors (Lipinski definition) is 2. The van der Waals surface area contributed by atoms with Gasteiger partial charge in [0.2, 0.25) is 0 Å². The molecule has 7 rings (SSSR count). The quantitative estimate of drug-likeness (QED) is 0.196. The number of hydrogen-bond donors (Lipinski definition) is 0. The summed E-state index contributed by atoms with van der Waals surface area (Å²) in [5.74, 6) is 1.83. The monoisotopic (exact) mass is 574 g/mol. The largest absolute Gasteiger partial charge is 0.321 e. The van der Waals surface area contributed by atoms with Crippen LogP contribution in [-0.2, 0) is 13.1 Å². The van der Waals surface area contributed by atoms with Crippen molar-refractivity contribution in [3.8, 4) is 56.7 Å². The van der Waals surface area contributed by atoms with Crippen LogP contribution in [0.25, 0.3) is 56.7 Å². The summed E-state index contributed by atoms with van der Waals surface area (Å²) in [5.41, 5.74) is 13.8. The maximum atomic E-state index is 5.49. The van der Waals surface area contributed by atoms with Crippen LogP contribution < -0.4 is 0 Å². The van der Waals surface area contributed by atoms with Gasteiger partial charge in [0.25, 0.3) is 0 Å². The van der Waals surface area contributed by atoms with E-state index in [1.807, 2.05) is 0 Å². The maximum absolute atomic E-state index is 5.49. The second-order valence-electron chi connectivity index (χ2n) is 12.1. The van der Waals surface area contributed by atoms with Crippen LogP contribution in [-0.4, -0.2) is 19.1 Å². The molecule has 0 N–H and O–H groups in total. The number of aryl methyl sites for hydroxylation is 4. The molecule has 218 valence electrons. The Kier molecular flexibility index (Phi) is 7.35. The Bertz CT molecular complexity index is 1810. The van der Waals surface area contributed by atoms with Crippen LogP contribution in [0.4, 0.5) is 0 Å². The molecule has 0 saturated heterocycles. The van der Waals surface area contributed by atoms with E-state index in [1.165, 1.54) is 33.4 Å². The number of fused-ring (bicyclic) bond motifs is 3. The molecule has 4 nitrogen and oxygen atoms in total. The Morgan fingerprint density at radius 3 is 1.02 bits per heavy atom. The van der Waals surface area contributed by atoms with Crippen LogP contribution in [0, 0.1) is 27.7 Å². The van der Waals surface area contributed by atoms with Crippen molar-refractivity contribution < 1.29 is 0 Å². The molecule has 0 spiro atoms. The fourth-order valence-electron chi connectivity index (χ4n) is 6.16. The lowest BCUT2D eigenvalue weighted by Gasteiger charge is -2.16. The van der Waals surface area contributed by atoms with E-state index in [0.29, 0.717) is 0 Å². The second kappa shape index (κ2) is 11.6. The molecule has 44 heavy (non-hydrogen) atoms. The van der Waals surface area contributed by atoms with Crippen molar-refractivity contribution >= 4 is 0 Å². The summed E-state index contributed by atoms with van der Waals surface area (Å²) >= 11 is 0. The van der Waals surface area contributed by atoms with Gasteiger partial charge in [-0.15, -0.1) is 0 Å². The summed E-state index contributed by atoms with van der Waals surface area (Å²) in [5, 5.41) is 0. The molecule has 1 aliphatic rings. The van der Waals surface area contributed by atoms with Gasteiger partial charge >= 0.3 is 0 Å². The lowest BCUT2D eigenvalue weighted by Crippen LogP contribution is -2.09. The molecule has 0 bridgehead atoms. The van der Waals surface area contributed by atoms with Gasteiger partial charge in [-0.3, -0.25) is 0 Å². The zero-order valence-corrected chi connectivity index (χ0v) is 26.0. The van der Waals surface area contributed by atoms with Crippen LogP contribution >= 0.6 is 0 Å². The minimum atomic E-state index is 0.820. The standard InChI is InChI=1S/C40H38N4/c1-27-9-17-31(18-10-27)35-37(33-21-13-29(3)14-22-33)43-25-7-5-6-8-26-44-38(34-23-15-30(4)16-24-34)36(42-40(44)39(43)41-35)32-19-11-28(2)12-20-32/h5-6,9-24H,7-8,25-26H2,1-4H3/b6-5+. The van der Waals surface area contributed by atoms with E-state index < -0.39 is 0 Å². The molecule has 2 aromatic heterocycles. The summed E-state index contributed by atoms with van der Waals surface area (Å²) in [6.45, 7) is 10.2. The first-order chi connectivity index (χ1) is 21.5. The molecular formula is C40H38N4. The molecule has 0 radical (unpaired) electrons. The first-order valence-electron chi connectivity index (χ1n) is 15.6. The van der Waals surface area contributed by atoms with Crippen molar-refractivity contribution in [2.24, 2.45) is 0 Å². The molecule has 0 aliphatic carbocycles. The van der Waals surface area contributed by atoms with Gasteiger partial charge in [-0.05, 0) is 40.5 Å². The van der Waals surface area contributed by atoms with Crippen LogP contribution in [0.5, 0.6) is 0 Å². The highest BCUT2D eigenvalue weighted by atomic mass is 15.2. The van der Waals surface area contributed by atoms with Crippen molar-refractivity contribution in [2.75, 3.05) is 0 Å². The summed E-state index contributed by atoms with van der Waals surface area (Å²) in [6.07, 6.45) is 6.52. The number of rotatable bonds is 4. The van der Waals surface area contributed by atoms with Gasteiger partial charge in [0.15, 0.2) is 11.6 Å². The fraction of sp³-hybridized carbons (Fsp3) is 0.200. The Hall–Kier alpha value is -4.96. The Morgan fingerprint density at radius 1 is 0.409 bits per heavy atom. The first-order valence-corrected chi connectivity index (χ1v) is 15.6. The third-order valence-electron chi connectivity index (χ3n) is 8.64. The van der Waals surface area contributed by atoms with Gasteiger partial charge in [-0.1, -0.05) is 131 Å². The molecule has 0 saturated carbocycles. The van der Waals surface area contributed by atoms with Gasteiger partial charge in [0.1, 0.15) is 0 Å². The SMILES string of the molecule is Cc1ccc(-c2nc3n(c2-c2ccc(C)cc2)CC/C=C/CCn2c-3nc(-c3ccc(C)cc3)c2-c2ccc(C)cc2)cc1. The van der Waals surface area contributed by atoms with Gasteiger partial charge in [-0.25, -0.2) is 9.97 Å². The highest BCUT2D eigenvalue weighted by Crippen LogP contribution is 2.41. The first kappa shape index (κ1) is 27.8. The summed E-state index contributed by atoms with van der Waals surface area (Å²) in [7, 11) is 0. The second-order valence-corrected chi connectivity index (χ2v) is 12.1. The van der Waals surface area contributed by atoms with E-state index >= 15 is 0 Å². The molecule has 0 atom stereocenters. The molecule has 0 amide bonds. The highest BCUT2D eigenvalue weighted by Gasteiger charge is 2.28. The van der Waals surface area contributed by atoms with Crippen molar-refractivity contribution in [3.05, 3.63) is 131 Å². The van der Waals surface area contributed by atoms with E-state index in [0.717, 1.165) is 71.5 Å². The summed E-state index contributed by atoms with van der Waals surface area (Å²) < 4.78 is 4.82. The minimum Gasteiger partial charge on any atom is -0.321 e. The molecule has 0 fully saturated rings. The smallest absolute Gasteiger partial charge is 0.177 e. The zero-order valence-electron chi connectivity index (χ0n) is 26.0. The molecule has 1 aliphatic heterocycles. The van der Waals surface area contributed by atoms with E-state index in [2.05, 4.69) is 146 Å². The maximum Gasteiger partial charge on any atom is 0.177 e. The van der Waals surface area contributed by atoms with Gasteiger partial charge in [0, 0.05) is 35.3 Å². The lowest BCUT2D eigenvalue weighted by molar-refractivity contribution is 0.673. The zero-order chi connectivity index (χ0) is 30.2. The van der Waals surface area contributed by atoms with Gasteiger partial charge < -0.3 is 9.13 Å². The predicted molar refractivity (Wildman–Crippen MR) is 183 cm³/mol. The van der Waals surface area contributed by atoms with Crippen molar-refractivity contribution in [1.82, 2.24) is 19.1 Å². The normalized spacial score (nSPS) is 13.7. The highest BCUT2D eigenvalue weighted by molar-refractivity contribution is 5.85. The molecule has 0 unspecified atom stereocenters. The third-order valence-corrected chi connectivity index (χ3v) is 8.64. The molecule has 4 heteroatoms. The van der Waals surface area contributed by atoms with Crippen molar-refractivity contribution in [1.29, 1.82) is 0 Å². The minimum absolute atomic E-state index is 0.820. The van der Waals surface area contributed by atoms with E-state index in [4.69, 9.17) is 9.97 Å². The molecule has 4 aromatic carbocycles. The van der Waals surface area contributed by atoms with Crippen LogP contribution in [0.2, 0.25) is 0 Å². The van der Waals surface area contributed by atoms with Gasteiger partial charge in [0.05, 0.1) is 22.8 Å². The molecule has 3 heterocycles. The topological polar surface area (TPSA) is 35.6 Å². The third kappa shape index (κ3) is 5.22. The van der Waals surface area contributed by atoms with E-state index in [9.17, 15) is 0 Å². The summed E-state index contributed by atoms with van der Waals surface area (Å²) in [4.78, 5) is 11.0. The Labute approximate surface area is 260 Å². The Morgan fingerprint density at radius 2 is 0.705 bits per heavy atom. The molecular weight excluding hydrogens is 536 g/mol. The predicted octanol–water partition coefficient (Wildman–Crippen LogP) is 10.00. The number of allylic oxidation sites excluding steroid dienone is 2. The van der Waals surface area contributed by atoms with Crippen LogP contribution in [0.3, 0.4) is 0 Å². The van der Waals surface area contributed by atoms with Crippen molar-refractivity contribution in [3.63, 3.8) is 0 Å². The summed E-state index contributed by atoms with van der Waals surface area (Å²) in [6, 6.07) is 35.2. The lowest BCUT2D eigenvalue weighted by atomic mass is 10.0. The van der Waals surface area contributed by atoms with Crippen LogP contribution in [0.15, 0.2) is 109 Å². The van der Waals surface area contributed by atoms with Crippen molar-refractivity contribution in [2.45, 2.75) is 53.6 Å². The number of benzene rings is 4. The number of aromatic nitrogens is 4. The van der Waals surface area contributed by atoms with E-state index in [-0.39, 0.29) is 0 Å². The van der Waals surface area contributed by atoms with Gasteiger partial charge in [-0.2, -0.15) is 0 Å². The number of imidazole rings is 2. The fourth-order valence-corrected chi connectivity index (χ4v) is 6.16. The Balaban J connectivity index is 1.55. The molecule has 6 aromatic rings. The average Bonchev–Trinajstić information content (AvgIpc) is 3.59. The number of nitrogens with zero attached hydrogens (tertiary/aromatic N) is 4. The average molecular weight is 575 g/mol.